The number of rotatable bonds is 3. The van der Waals surface area contributed by atoms with E-state index < -0.39 is 29.4 Å². The van der Waals surface area contributed by atoms with Crippen LogP contribution in [0.5, 0.6) is 0 Å². The molecule has 0 saturated carbocycles. The van der Waals surface area contributed by atoms with Crippen LogP contribution in [0.4, 0.5) is 0 Å². The van der Waals surface area contributed by atoms with Crippen molar-refractivity contribution in [3.05, 3.63) is 35.9 Å². The van der Waals surface area contributed by atoms with Crippen LogP contribution < -0.4 is 5.32 Å². The first-order chi connectivity index (χ1) is 8.45. The van der Waals surface area contributed by atoms with Gasteiger partial charge >= 0.3 is 11.9 Å². The van der Waals surface area contributed by atoms with Gasteiger partial charge in [-0.3, -0.25) is 14.9 Å². The molecule has 0 amide bonds. The Morgan fingerprint density at radius 2 is 1.89 bits per heavy atom. The van der Waals surface area contributed by atoms with Crippen LogP contribution >= 0.6 is 0 Å². The molecule has 18 heavy (non-hydrogen) atoms. The Labute approximate surface area is 104 Å². The van der Waals surface area contributed by atoms with Gasteiger partial charge in [0.25, 0.3) is 0 Å². The third-order valence-corrected chi connectivity index (χ3v) is 3.55. The van der Waals surface area contributed by atoms with E-state index in [2.05, 4.69) is 5.32 Å². The second-order valence-corrected chi connectivity index (χ2v) is 4.83. The second-order valence-electron chi connectivity index (χ2n) is 4.83. The zero-order valence-corrected chi connectivity index (χ0v) is 9.96. The Balaban J connectivity index is 2.38. The molecule has 0 radical (unpaired) electrons. The van der Waals surface area contributed by atoms with Gasteiger partial charge in [0, 0.05) is 6.04 Å². The molecule has 96 valence electrons. The zero-order valence-electron chi connectivity index (χ0n) is 9.96. The summed E-state index contributed by atoms with van der Waals surface area (Å²) in [6.07, 6.45) is 0.0806. The Hall–Kier alpha value is -1.88. The highest BCUT2D eigenvalue weighted by molar-refractivity contribution is 5.81. The molecular formula is C13H15NO4. The third-order valence-electron chi connectivity index (χ3n) is 3.55. The lowest BCUT2D eigenvalue weighted by Crippen LogP contribution is -2.34. The smallest absolute Gasteiger partial charge is 0.320 e. The van der Waals surface area contributed by atoms with Crippen molar-refractivity contribution in [3.63, 3.8) is 0 Å². The average molecular weight is 249 g/mol. The summed E-state index contributed by atoms with van der Waals surface area (Å²) < 4.78 is 0. The Morgan fingerprint density at radius 1 is 1.28 bits per heavy atom. The molecule has 1 aliphatic heterocycles. The molecule has 5 heteroatoms. The van der Waals surface area contributed by atoms with E-state index in [0.717, 1.165) is 5.56 Å². The monoisotopic (exact) mass is 249 g/mol. The summed E-state index contributed by atoms with van der Waals surface area (Å²) in [6, 6.07) is 7.77. The van der Waals surface area contributed by atoms with Crippen LogP contribution in [0, 0.1) is 5.41 Å². The molecule has 2 rings (SSSR count). The van der Waals surface area contributed by atoms with Crippen molar-refractivity contribution in [1.82, 2.24) is 5.32 Å². The lowest BCUT2D eigenvalue weighted by molar-refractivity contribution is -0.148. The van der Waals surface area contributed by atoms with Crippen molar-refractivity contribution in [1.29, 1.82) is 0 Å². The van der Waals surface area contributed by atoms with Gasteiger partial charge in [0.2, 0.25) is 0 Å². The summed E-state index contributed by atoms with van der Waals surface area (Å²) in [7, 11) is 0. The van der Waals surface area contributed by atoms with Crippen molar-refractivity contribution in [2.75, 3.05) is 0 Å². The molecule has 1 saturated heterocycles. The first-order valence-corrected chi connectivity index (χ1v) is 5.72. The van der Waals surface area contributed by atoms with Crippen molar-refractivity contribution in [2.24, 2.45) is 5.41 Å². The van der Waals surface area contributed by atoms with Gasteiger partial charge in [-0.1, -0.05) is 30.3 Å². The van der Waals surface area contributed by atoms with E-state index in [4.69, 9.17) is 5.11 Å². The molecule has 0 bridgehead atoms. The second kappa shape index (κ2) is 4.42. The minimum absolute atomic E-state index is 0.0806. The highest BCUT2D eigenvalue weighted by Gasteiger charge is 2.51. The number of nitrogens with one attached hydrogen (secondary N) is 1. The largest absolute Gasteiger partial charge is 0.481 e. The SMILES string of the molecule is CC1(C(=O)O)CC(C(=O)O)NC1c1ccccc1. The van der Waals surface area contributed by atoms with Gasteiger partial charge in [-0.15, -0.1) is 0 Å². The Morgan fingerprint density at radius 3 is 2.39 bits per heavy atom. The minimum atomic E-state index is -1.11. The standard InChI is InChI=1S/C13H15NO4/c1-13(12(17)18)7-9(11(15)16)14-10(13)8-5-3-2-4-6-8/h2-6,9-10,14H,7H2,1H3,(H,15,16)(H,17,18). The van der Waals surface area contributed by atoms with Crippen LogP contribution in [0.1, 0.15) is 24.9 Å². The number of carboxylic acid groups (broad SMARTS) is 2. The molecular weight excluding hydrogens is 234 g/mol. The maximum absolute atomic E-state index is 11.4. The molecule has 1 aromatic carbocycles. The maximum Gasteiger partial charge on any atom is 0.320 e. The van der Waals surface area contributed by atoms with Crippen LogP contribution in [-0.2, 0) is 9.59 Å². The number of hydrogen-bond donors (Lipinski definition) is 3. The van der Waals surface area contributed by atoms with Gasteiger partial charge in [0.15, 0.2) is 0 Å². The van der Waals surface area contributed by atoms with Gasteiger partial charge in [0.05, 0.1) is 5.41 Å². The van der Waals surface area contributed by atoms with Gasteiger partial charge in [-0.25, -0.2) is 0 Å². The molecule has 0 spiro atoms. The molecule has 3 unspecified atom stereocenters. The summed E-state index contributed by atoms with van der Waals surface area (Å²) in [4.78, 5) is 22.5. The molecule has 1 aromatic rings. The van der Waals surface area contributed by atoms with Crippen LogP contribution in [-0.4, -0.2) is 28.2 Å². The fraction of sp³-hybridized carbons (Fsp3) is 0.385. The predicted molar refractivity (Wildman–Crippen MR) is 64.1 cm³/mol. The fourth-order valence-corrected chi connectivity index (χ4v) is 2.46. The van der Waals surface area contributed by atoms with Crippen LogP contribution in [0.15, 0.2) is 30.3 Å². The first kappa shape index (κ1) is 12.6. The van der Waals surface area contributed by atoms with E-state index >= 15 is 0 Å². The van der Waals surface area contributed by atoms with E-state index in [0.29, 0.717) is 0 Å². The molecule has 1 aliphatic rings. The highest BCUT2D eigenvalue weighted by atomic mass is 16.4. The average Bonchev–Trinajstić information content (AvgIpc) is 2.70. The van der Waals surface area contributed by atoms with E-state index in [1.807, 2.05) is 30.3 Å². The molecule has 3 N–H and O–H groups in total. The maximum atomic E-state index is 11.4. The summed E-state index contributed by atoms with van der Waals surface area (Å²) in [5.41, 5.74) is -0.309. The Kier molecular flexibility index (Phi) is 3.09. The topological polar surface area (TPSA) is 86.6 Å². The number of carboxylic acids is 2. The van der Waals surface area contributed by atoms with Crippen LogP contribution in [0.2, 0.25) is 0 Å². The van der Waals surface area contributed by atoms with Crippen LogP contribution in [0.25, 0.3) is 0 Å². The van der Waals surface area contributed by atoms with Gasteiger partial charge in [-0.05, 0) is 18.9 Å². The molecule has 5 nitrogen and oxygen atoms in total. The van der Waals surface area contributed by atoms with Gasteiger partial charge < -0.3 is 10.2 Å². The van der Waals surface area contributed by atoms with E-state index in [1.165, 1.54) is 0 Å². The summed E-state index contributed by atoms with van der Waals surface area (Å²) in [5.74, 6) is -1.99. The molecule has 1 heterocycles. The number of benzene rings is 1. The highest BCUT2D eigenvalue weighted by Crippen LogP contribution is 2.43. The van der Waals surface area contributed by atoms with Crippen LogP contribution in [0.3, 0.4) is 0 Å². The molecule has 0 aromatic heterocycles. The number of hydrogen-bond acceptors (Lipinski definition) is 3. The van der Waals surface area contributed by atoms with E-state index in [1.54, 1.807) is 6.92 Å². The van der Waals surface area contributed by atoms with Crippen molar-refractivity contribution < 1.29 is 19.8 Å². The molecule has 0 aliphatic carbocycles. The quantitative estimate of drug-likeness (QED) is 0.750. The summed E-state index contributed by atoms with van der Waals surface area (Å²) >= 11 is 0. The fourth-order valence-electron chi connectivity index (χ4n) is 2.46. The molecule has 1 fully saturated rings. The first-order valence-electron chi connectivity index (χ1n) is 5.72. The normalized spacial score (nSPS) is 31.2. The lowest BCUT2D eigenvalue weighted by atomic mass is 9.78. The minimum Gasteiger partial charge on any atom is -0.481 e. The zero-order chi connectivity index (χ0) is 13.3. The van der Waals surface area contributed by atoms with Crippen molar-refractivity contribution in [2.45, 2.75) is 25.4 Å². The molecule has 3 atom stereocenters. The number of carbonyl (C=O) groups is 2. The summed E-state index contributed by atoms with van der Waals surface area (Å²) in [5, 5.41) is 21.3. The summed E-state index contributed by atoms with van der Waals surface area (Å²) in [6.45, 7) is 1.59. The van der Waals surface area contributed by atoms with Crippen molar-refractivity contribution >= 4 is 11.9 Å². The van der Waals surface area contributed by atoms with Crippen molar-refractivity contribution in [3.8, 4) is 0 Å². The Bertz CT molecular complexity index is 473. The lowest BCUT2D eigenvalue weighted by Gasteiger charge is -2.26. The van der Waals surface area contributed by atoms with Gasteiger partial charge in [0.1, 0.15) is 6.04 Å². The third kappa shape index (κ3) is 1.97. The number of aliphatic carboxylic acids is 2. The van der Waals surface area contributed by atoms with E-state index in [-0.39, 0.29) is 6.42 Å². The predicted octanol–water partition coefficient (Wildman–Crippen LogP) is 1.27. The van der Waals surface area contributed by atoms with Gasteiger partial charge in [-0.2, -0.15) is 0 Å². The van der Waals surface area contributed by atoms with E-state index in [9.17, 15) is 14.7 Å².